The average molecular weight is 256 g/mol. The number of carboxylic acid groups (broad SMARTS) is 1. The lowest BCUT2D eigenvalue weighted by Gasteiger charge is -2.07. The SMILES string of the molecule is CC(=O)CC(=O)Nc1ccc(Cl)cc1C(=O)O. The Labute approximate surface area is 102 Å². The highest BCUT2D eigenvalue weighted by atomic mass is 35.5. The minimum atomic E-state index is -1.20. The van der Waals surface area contributed by atoms with Gasteiger partial charge in [0.25, 0.3) is 0 Å². The Bertz CT molecular complexity index is 484. The van der Waals surface area contributed by atoms with Crippen LogP contribution in [0.2, 0.25) is 5.02 Å². The molecule has 0 aliphatic carbocycles. The zero-order chi connectivity index (χ0) is 13.0. The summed E-state index contributed by atoms with van der Waals surface area (Å²) in [7, 11) is 0. The van der Waals surface area contributed by atoms with Crippen molar-refractivity contribution >= 4 is 34.9 Å². The fourth-order valence-electron chi connectivity index (χ4n) is 1.22. The lowest BCUT2D eigenvalue weighted by Crippen LogP contribution is -2.16. The lowest BCUT2D eigenvalue weighted by molar-refractivity contribution is -0.124. The first-order chi connectivity index (χ1) is 7.90. The number of halogens is 1. The Morgan fingerprint density at radius 3 is 2.53 bits per heavy atom. The van der Waals surface area contributed by atoms with E-state index < -0.39 is 11.9 Å². The van der Waals surface area contributed by atoms with Gasteiger partial charge in [-0.3, -0.25) is 9.59 Å². The Hall–Kier alpha value is -1.88. The smallest absolute Gasteiger partial charge is 0.337 e. The molecule has 17 heavy (non-hydrogen) atoms. The first kappa shape index (κ1) is 13.2. The molecule has 1 amide bonds. The molecule has 0 spiro atoms. The van der Waals surface area contributed by atoms with Gasteiger partial charge < -0.3 is 10.4 Å². The predicted molar refractivity (Wildman–Crippen MR) is 62.3 cm³/mol. The van der Waals surface area contributed by atoms with E-state index in [0.29, 0.717) is 0 Å². The summed E-state index contributed by atoms with van der Waals surface area (Å²) in [6.07, 6.45) is -0.290. The van der Waals surface area contributed by atoms with Crippen LogP contribution in [0.3, 0.4) is 0 Å². The molecule has 0 saturated heterocycles. The molecule has 0 fully saturated rings. The second-order valence-electron chi connectivity index (χ2n) is 3.42. The van der Waals surface area contributed by atoms with Crippen LogP contribution in [0, 0.1) is 0 Å². The van der Waals surface area contributed by atoms with Crippen molar-refractivity contribution in [1.82, 2.24) is 0 Å². The second-order valence-corrected chi connectivity index (χ2v) is 3.86. The quantitative estimate of drug-likeness (QED) is 0.806. The van der Waals surface area contributed by atoms with Gasteiger partial charge in [0.05, 0.1) is 17.7 Å². The molecule has 0 heterocycles. The molecule has 0 radical (unpaired) electrons. The fourth-order valence-corrected chi connectivity index (χ4v) is 1.40. The van der Waals surface area contributed by atoms with Gasteiger partial charge in [-0.05, 0) is 25.1 Å². The Morgan fingerprint density at radius 2 is 2.00 bits per heavy atom. The summed E-state index contributed by atoms with van der Waals surface area (Å²) < 4.78 is 0. The van der Waals surface area contributed by atoms with E-state index in [1.165, 1.54) is 25.1 Å². The maximum absolute atomic E-state index is 11.3. The fraction of sp³-hybridized carbons (Fsp3) is 0.182. The van der Waals surface area contributed by atoms with Crippen LogP contribution in [0.5, 0.6) is 0 Å². The van der Waals surface area contributed by atoms with E-state index in [2.05, 4.69) is 5.32 Å². The number of Topliss-reactive ketones (excluding diaryl/α,β-unsaturated/α-hetero) is 1. The minimum absolute atomic E-state index is 0.116. The Kier molecular flexibility index (Phi) is 4.23. The van der Waals surface area contributed by atoms with Gasteiger partial charge in [0, 0.05) is 5.02 Å². The summed E-state index contributed by atoms with van der Waals surface area (Å²) in [5.74, 6) is -2.05. The van der Waals surface area contributed by atoms with Gasteiger partial charge in [0.1, 0.15) is 5.78 Å². The number of aromatic carboxylic acids is 1. The third-order valence-corrected chi connectivity index (χ3v) is 2.13. The molecule has 0 unspecified atom stereocenters. The van der Waals surface area contributed by atoms with Gasteiger partial charge in [0.2, 0.25) is 5.91 Å². The van der Waals surface area contributed by atoms with Crippen molar-refractivity contribution in [3.63, 3.8) is 0 Å². The van der Waals surface area contributed by atoms with Crippen LogP contribution in [0.15, 0.2) is 18.2 Å². The van der Waals surface area contributed by atoms with Gasteiger partial charge in [0.15, 0.2) is 0 Å². The van der Waals surface area contributed by atoms with Crippen LogP contribution in [-0.2, 0) is 9.59 Å². The first-order valence-electron chi connectivity index (χ1n) is 4.72. The molecule has 1 aromatic rings. The second kappa shape index (κ2) is 5.45. The molecule has 0 saturated carbocycles. The summed E-state index contributed by atoms with van der Waals surface area (Å²) in [5.41, 5.74) is 0.00236. The predicted octanol–water partition coefficient (Wildman–Crippen LogP) is 1.96. The molecule has 0 aliphatic rings. The van der Waals surface area contributed by atoms with Gasteiger partial charge in [-0.1, -0.05) is 11.6 Å². The minimum Gasteiger partial charge on any atom is -0.478 e. The monoisotopic (exact) mass is 255 g/mol. The van der Waals surface area contributed by atoms with E-state index in [-0.39, 0.29) is 28.5 Å². The molecule has 0 bridgehead atoms. The normalized spacial score (nSPS) is 9.76. The number of hydrogen-bond acceptors (Lipinski definition) is 3. The molecular weight excluding hydrogens is 246 g/mol. The number of carbonyl (C=O) groups excluding carboxylic acids is 2. The van der Waals surface area contributed by atoms with Crippen molar-refractivity contribution in [2.24, 2.45) is 0 Å². The number of carbonyl (C=O) groups is 3. The molecule has 6 heteroatoms. The van der Waals surface area contributed by atoms with Crippen molar-refractivity contribution in [3.8, 4) is 0 Å². The zero-order valence-corrected chi connectivity index (χ0v) is 9.75. The highest BCUT2D eigenvalue weighted by Crippen LogP contribution is 2.20. The van der Waals surface area contributed by atoms with Crippen molar-refractivity contribution in [1.29, 1.82) is 0 Å². The lowest BCUT2D eigenvalue weighted by atomic mass is 10.1. The van der Waals surface area contributed by atoms with Crippen LogP contribution in [0.1, 0.15) is 23.7 Å². The number of rotatable bonds is 4. The van der Waals surface area contributed by atoms with Gasteiger partial charge >= 0.3 is 5.97 Å². The first-order valence-corrected chi connectivity index (χ1v) is 5.10. The van der Waals surface area contributed by atoms with Gasteiger partial charge in [-0.25, -0.2) is 4.79 Å². The van der Waals surface area contributed by atoms with E-state index >= 15 is 0 Å². The number of nitrogens with one attached hydrogen (secondary N) is 1. The van der Waals surface area contributed by atoms with E-state index in [4.69, 9.17) is 16.7 Å². The van der Waals surface area contributed by atoms with E-state index in [1.54, 1.807) is 0 Å². The largest absolute Gasteiger partial charge is 0.478 e. The number of anilines is 1. The highest BCUT2D eigenvalue weighted by molar-refractivity contribution is 6.31. The summed E-state index contributed by atoms with van der Waals surface area (Å²) >= 11 is 5.65. The maximum Gasteiger partial charge on any atom is 0.337 e. The van der Waals surface area contributed by atoms with E-state index in [9.17, 15) is 14.4 Å². The van der Waals surface area contributed by atoms with Crippen molar-refractivity contribution in [2.75, 3.05) is 5.32 Å². The molecule has 1 rings (SSSR count). The molecule has 1 aromatic carbocycles. The topological polar surface area (TPSA) is 83.5 Å². The standard InChI is InChI=1S/C11H10ClNO4/c1-6(14)4-10(15)13-9-3-2-7(12)5-8(9)11(16)17/h2-3,5H,4H2,1H3,(H,13,15)(H,16,17). The Morgan fingerprint density at radius 1 is 1.35 bits per heavy atom. The molecule has 2 N–H and O–H groups in total. The third kappa shape index (κ3) is 3.88. The van der Waals surface area contributed by atoms with Crippen LogP contribution < -0.4 is 5.32 Å². The maximum atomic E-state index is 11.3. The summed E-state index contributed by atoms with van der Waals surface area (Å²) in [6.45, 7) is 1.28. The number of hydrogen-bond donors (Lipinski definition) is 2. The summed E-state index contributed by atoms with van der Waals surface area (Å²) in [4.78, 5) is 32.9. The third-order valence-electron chi connectivity index (χ3n) is 1.90. The number of ketones is 1. The van der Waals surface area contributed by atoms with Crippen molar-refractivity contribution in [3.05, 3.63) is 28.8 Å². The van der Waals surface area contributed by atoms with E-state index in [1.807, 2.05) is 0 Å². The van der Waals surface area contributed by atoms with Crippen LogP contribution in [0.25, 0.3) is 0 Å². The highest BCUT2D eigenvalue weighted by Gasteiger charge is 2.13. The van der Waals surface area contributed by atoms with Crippen molar-refractivity contribution < 1.29 is 19.5 Å². The summed E-state index contributed by atoms with van der Waals surface area (Å²) in [6, 6.07) is 4.06. The summed E-state index contributed by atoms with van der Waals surface area (Å²) in [5, 5.41) is 11.5. The molecular formula is C11H10ClNO4. The molecule has 0 aliphatic heterocycles. The number of benzene rings is 1. The average Bonchev–Trinajstić information content (AvgIpc) is 2.19. The number of amides is 1. The van der Waals surface area contributed by atoms with Crippen LogP contribution in [0.4, 0.5) is 5.69 Å². The van der Waals surface area contributed by atoms with Gasteiger partial charge in [-0.2, -0.15) is 0 Å². The zero-order valence-electron chi connectivity index (χ0n) is 8.99. The van der Waals surface area contributed by atoms with Crippen LogP contribution >= 0.6 is 11.6 Å². The van der Waals surface area contributed by atoms with E-state index in [0.717, 1.165) is 0 Å². The molecule has 0 aromatic heterocycles. The molecule has 0 atom stereocenters. The Balaban J connectivity index is 2.94. The van der Waals surface area contributed by atoms with Crippen LogP contribution in [-0.4, -0.2) is 22.8 Å². The number of carboxylic acids is 1. The molecule has 90 valence electrons. The van der Waals surface area contributed by atoms with Gasteiger partial charge in [-0.15, -0.1) is 0 Å². The van der Waals surface area contributed by atoms with Crippen molar-refractivity contribution in [2.45, 2.75) is 13.3 Å². The molecule has 5 nitrogen and oxygen atoms in total.